The van der Waals surface area contributed by atoms with Crippen LogP contribution in [0.3, 0.4) is 0 Å². The first-order chi connectivity index (χ1) is 17.4. The lowest BCUT2D eigenvalue weighted by Gasteiger charge is -2.26. The molecule has 2 atom stereocenters. The third kappa shape index (κ3) is 7.02. The highest BCUT2D eigenvalue weighted by molar-refractivity contribution is 7.17. The van der Waals surface area contributed by atoms with E-state index >= 15 is 0 Å². The molecule has 2 aromatic heterocycles. The molecular weight excluding hydrogens is 519 g/mol. The van der Waals surface area contributed by atoms with Gasteiger partial charge in [0.1, 0.15) is 11.5 Å². The number of hydrogen-bond acceptors (Lipinski definition) is 7. The van der Waals surface area contributed by atoms with Crippen LogP contribution in [0.2, 0.25) is 0 Å². The first-order valence-corrected chi connectivity index (χ1v) is 13.4. The van der Waals surface area contributed by atoms with Crippen molar-refractivity contribution in [2.24, 2.45) is 5.41 Å². The minimum absolute atomic E-state index is 0.0542. The van der Waals surface area contributed by atoms with Crippen molar-refractivity contribution in [1.29, 1.82) is 0 Å². The third-order valence-corrected chi connectivity index (χ3v) is 7.59. The van der Waals surface area contributed by atoms with Crippen molar-refractivity contribution in [3.63, 3.8) is 0 Å². The molecule has 1 saturated heterocycles. The van der Waals surface area contributed by atoms with Gasteiger partial charge in [-0.25, -0.2) is 9.97 Å². The van der Waals surface area contributed by atoms with Gasteiger partial charge in [-0.3, -0.25) is 9.59 Å². The van der Waals surface area contributed by atoms with E-state index in [1.165, 1.54) is 13.8 Å². The number of nitrogens with one attached hydrogen (secondary N) is 2. The number of halogens is 3. The van der Waals surface area contributed by atoms with E-state index in [9.17, 15) is 27.9 Å². The molecule has 0 saturated carbocycles. The lowest BCUT2D eigenvalue weighted by atomic mass is 9.97. The Kier molecular flexibility index (Phi) is 8.47. The van der Waals surface area contributed by atoms with Gasteiger partial charge in [0.15, 0.2) is 5.01 Å². The average Bonchev–Trinajstić information content (AvgIpc) is 3.42. The van der Waals surface area contributed by atoms with Crippen molar-refractivity contribution in [2.75, 3.05) is 18.4 Å². The maximum absolute atomic E-state index is 14.3. The summed E-state index contributed by atoms with van der Waals surface area (Å²) in [5, 5.41) is 15.6. The number of aliphatic hydroxyl groups is 1. The number of amides is 2. The van der Waals surface area contributed by atoms with Gasteiger partial charge in [0.25, 0.3) is 11.8 Å². The molecule has 2 aromatic rings. The molecule has 0 spiro atoms. The second-order valence-electron chi connectivity index (χ2n) is 11.6. The fourth-order valence-electron chi connectivity index (χ4n) is 3.87. The predicted octanol–water partition coefficient (Wildman–Crippen LogP) is 5.20. The summed E-state index contributed by atoms with van der Waals surface area (Å²) < 4.78 is 42.8. The molecule has 210 valence electrons. The minimum Gasteiger partial charge on any atom is -0.388 e. The average molecular weight is 556 g/mol. The number of nitrogens with zero attached hydrogens (tertiary/aromatic N) is 3. The van der Waals surface area contributed by atoms with E-state index in [1.54, 1.807) is 11.8 Å². The number of likely N-dealkylation sites (tertiary alicyclic amines) is 1. The highest BCUT2D eigenvalue weighted by Crippen LogP contribution is 2.42. The lowest BCUT2D eigenvalue weighted by molar-refractivity contribution is -0.137. The molecule has 8 nitrogen and oxygen atoms in total. The first-order valence-electron chi connectivity index (χ1n) is 12.5. The zero-order chi connectivity index (χ0) is 28.6. The molecule has 2 amide bonds. The van der Waals surface area contributed by atoms with Crippen LogP contribution in [0.15, 0.2) is 12.3 Å². The third-order valence-electron chi connectivity index (χ3n) is 6.50. The Morgan fingerprint density at radius 1 is 1.24 bits per heavy atom. The number of aromatic nitrogens is 2. The largest absolute Gasteiger partial charge is 0.417 e. The van der Waals surface area contributed by atoms with Crippen LogP contribution in [-0.2, 0) is 6.18 Å². The number of anilines is 1. The van der Waals surface area contributed by atoms with E-state index in [0.29, 0.717) is 24.4 Å². The molecule has 3 N–H and O–H groups in total. The Bertz CT molecular complexity index is 1180. The van der Waals surface area contributed by atoms with Crippen LogP contribution in [0.1, 0.15) is 87.2 Å². The smallest absolute Gasteiger partial charge is 0.388 e. The number of rotatable bonds is 7. The van der Waals surface area contributed by atoms with E-state index in [4.69, 9.17) is 0 Å². The zero-order valence-electron chi connectivity index (χ0n) is 22.8. The van der Waals surface area contributed by atoms with Crippen LogP contribution in [0.25, 0.3) is 10.4 Å². The van der Waals surface area contributed by atoms with Crippen molar-refractivity contribution >= 4 is 29.0 Å². The van der Waals surface area contributed by atoms with Gasteiger partial charge in [-0.1, -0.05) is 20.8 Å². The lowest BCUT2D eigenvalue weighted by Crippen LogP contribution is -2.47. The monoisotopic (exact) mass is 555 g/mol. The Morgan fingerprint density at radius 3 is 2.42 bits per heavy atom. The highest BCUT2D eigenvalue weighted by Gasteiger charge is 2.38. The number of thiazole rings is 1. The predicted molar refractivity (Wildman–Crippen MR) is 141 cm³/mol. The fourth-order valence-corrected chi connectivity index (χ4v) is 4.86. The van der Waals surface area contributed by atoms with Crippen LogP contribution >= 0.6 is 11.3 Å². The van der Waals surface area contributed by atoms with Gasteiger partial charge in [0, 0.05) is 30.9 Å². The summed E-state index contributed by atoms with van der Waals surface area (Å²) in [7, 11) is 0. The fraction of sp³-hybridized carbons (Fsp3) is 0.615. The maximum atomic E-state index is 14.3. The van der Waals surface area contributed by atoms with E-state index in [1.807, 2.05) is 27.7 Å². The molecule has 38 heavy (non-hydrogen) atoms. The second-order valence-corrected chi connectivity index (χ2v) is 12.6. The number of hydrogen-bond donors (Lipinski definition) is 3. The van der Waals surface area contributed by atoms with Crippen molar-refractivity contribution in [3.05, 3.63) is 28.5 Å². The molecule has 0 aromatic carbocycles. The Balaban J connectivity index is 2.12. The SMILES string of the molecule is C[C@H](NC(=O)c1nc(C(=O)N2CCC[C@@H]2C)c(-c2cnc(NCC(C)(C)C)cc2C(F)(F)F)s1)C(C)(C)O. The summed E-state index contributed by atoms with van der Waals surface area (Å²) >= 11 is 0.703. The van der Waals surface area contributed by atoms with Crippen molar-refractivity contribution < 1.29 is 27.9 Å². The molecule has 1 aliphatic heterocycles. The normalized spacial score (nSPS) is 17.4. The zero-order valence-corrected chi connectivity index (χ0v) is 23.6. The Labute approximate surface area is 225 Å². The highest BCUT2D eigenvalue weighted by atomic mass is 32.1. The standard InChI is InChI=1S/C26H36F3N5O3S/c1-14-9-8-10-34(14)23(36)19-20(38-22(33-19)21(35)32-15(2)25(6,7)37)16-12-30-18(31-13-24(3,4)5)11-17(16)26(27,28)29/h11-12,14-15,37H,8-10,13H2,1-7H3,(H,30,31)(H,32,35)/t14-,15-/m0/s1. The van der Waals surface area contributed by atoms with Gasteiger partial charge in [-0.05, 0) is 52.0 Å². The summed E-state index contributed by atoms with van der Waals surface area (Å²) in [6.07, 6.45) is -2.14. The topological polar surface area (TPSA) is 107 Å². The molecule has 3 rings (SSSR count). The van der Waals surface area contributed by atoms with Crippen LogP contribution < -0.4 is 10.6 Å². The summed E-state index contributed by atoms with van der Waals surface area (Å²) in [4.78, 5) is 36.4. The number of carbonyl (C=O) groups is 2. The summed E-state index contributed by atoms with van der Waals surface area (Å²) in [6, 6.07) is 0.137. The van der Waals surface area contributed by atoms with Gasteiger partial charge < -0.3 is 20.6 Å². The van der Waals surface area contributed by atoms with Crippen molar-refractivity contribution in [3.8, 4) is 10.4 Å². The van der Waals surface area contributed by atoms with E-state index in [2.05, 4.69) is 20.6 Å². The summed E-state index contributed by atoms with van der Waals surface area (Å²) in [6.45, 7) is 13.2. The van der Waals surface area contributed by atoms with E-state index in [-0.39, 0.29) is 38.4 Å². The molecule has 0 radical (unpaired) electrons. The van der Waals surface area contributed by atoms with Crippen LogP contribution in [0.5, 0.6) is 0 Å². The van der Waals surface area contributed by atoms with E-state index < -0.39 is 35.2 Å². The van der Waals surface area contributed by atoms with Gasteiger partial charge in [0.05, 0.1) is 22.1 Å². The molecule has 1 aliphatic rings. The second kappa shape index (κ2) is 10.8. The number of carbonyl (C=O) groups excluding carboxylic acids is 2. The molecule has 12 heteroatoms. The van der Waals surface area contributed by atoms with Gasteiger partial charge in [-0.15, -0.1) is 11.3 Å². The molecule has 1 fully saturated rings. The Hall–Kier alpha value is -2.73. The van der Waals surface area contributed by atoms with Crippen LogP contribution in [0, 0.1) is 5.41 Å². The molecule has 0 unspecified atom stereocenters. The van der Waals surface area contributed by atoms with Gasteiger partial charge in [0.2, 0.25) is 0 Å². The molecule has 0 bridgehead atoms. The maximum Gasteiger partial charge on any atom is 0.417 e. The van der Waals surface area contributed by atoms with Crippen molar-refractivity contribution in [1.82, 2.24) is 20.2 Å². The van der Waals surface area contributed by atoms with Crippen molar-refractivity contribution in [2.45, 2.75) is 85.2 Å². The quantitative estimate of drug-likeness (QED) is 0.434. The minimum atomic E-state index is -4.75. The number of pyridine rings is 1. The van der Waals surface area contributed by atoms with Gasteiger partial charge >= 0.3 is 6.18 Å². The summed E-state index contributed by atoms with van der Waals surface area (Å²) in [5.41, 5.74) is -2.95. The van der Waals surface area contributed by atoms with Gasteiger partial charge in [-0.2, -0.15) is 13.2 Å². The van der Waals surface area contributed by atoms with Crippen LogP contribution in [-0.4, -0.2) is 62.6 Å². The molecule has 0 aliphatic carbocycles. The summed E-state index contributed by atoms with van der Waals surface area (Å²) in [5.74, 6) is -1.17. The number of alkyl halides is 3. The Morgan fingerprint density at radius 2 is 1.89 bits per heavy atom. The molecular formula is C26H36F3N5O3S. The van der Waals surface area contributed by atoms with Crippen LogP contribution in [0.4, 0.5) is 19.0 Å². The molecule has 3 heterocycles. The first kappa shape index (κ1) is 29.8. The van der Waals surface area contributed by atoms with E-state index in [0.717, 1.165) is 25.1 Å².